The lowest BCUT2D eigenvalue weighted by Crippen LogP contribution is -1.82. The van der Waals surface area contributed by atoms with Crippen molar-refractivity contribution < 1.29 is 4.21 Å². The summed E-state index contributed by atoms with van der Waals surface area (Å²) in [6.07, 6.45) is 0. The summed E-state index contributed by atoms with van der Waals surface area (Å²) in [6, 6.07) is 7.07. The first-order chi connectivity index (χ1) is 6.40. The van der Waals surface area contributed by atoms with Crippen molar-refractivity contribution >= 4 is 11.7 Å². The Kier molecular flexibility index (Phi) is 2.05. The summed E-state index contributed by atoms with van der Waals surface area (Å²) in [5, 5.41) is 13.4. The smallest absolute Gasteiger partial charge is 0.177 e. The highest BCUT2D eigenvalue weighted by Crippen LogP contribution is 2.14. The molecule has 0 aliphatic heterocycles. The predicted octanol–water partition coefficient (Wildman–Crippen LogP) is 0.654. The van der Waals surface area contributed by atoms with Gasteiger partial charge in [0.1, 0.15) is 0 Å². The standard InChI is InChI=1S/C7H5N4OS/c12-13-6-3-1-2-5(4-6)7-8-10-11-9-7/h1-4H,(H,8,9,10,11)/q+1. The lowest BCUT2D eigenvalue weighted by Gasteiger charge is -1.88. The van der Waals surface area contributed by atoms with E-state index in [4.69, 9.17) is 0 Å². The van der Waals surface area contributed by atoms with Crippen molar-refractivity contribution in [1.82, 2.24) is 20.6 Å². The zero-order chi connectivity index (χ0) is 9.10. The fraction of sp³-hybridized carbons (Fsp3) is 0. The molecule has 1 N–H and O–H groups in total. The second-order valence-corrected chi connectivity index (χ2v) is 2.98. The van der Waals surface area contributed by atoms with Gasteiger partial charge in [0.15, 0.2) is 0 Å². The minimum Gasteiger partial charge on any atom is -0.177 e. The van der Waals surface area contributed by atoms with Crippen LogP contribution in [0.4, 0.5) is 0 Å². The van der Waals surface area contributed by atoms with Gasteiger partial charge in [-0.25, -0.2) is 0 Å². The summed E-state index contributed by atoms with van der Waals surface area (Å²) in [5.74, 6) is 0.496. The summed E-state index contributed by atoms with van der Waals surface area (Å²) >= 11 is 0.444. The molecule has 1 heterocycles. The molecule has 0 saturated carbocycles. The van der Waals surface area contributed by atoms with Crippen LogP contribution < -0.4 is 0 Å². The molecule has 64 valence electrons. The molecule has 0 fully saturated rings. The Morgan fingerprint density at radius 2 is 2.31 bits per heavy atom. The van der Waals surface area contributed by atoms with Gasteiger partial charge in [-0.3, -0.25) is 0 Å². The monoisotopic (exact) mass is 193 g/mol. The molecule has 2 rings (SSSR count). The lowest BCUT2D eigenvalue weighted by atomic mass is 10.2. The summed E-state index contributed by atoms with van der Waals surface area (Å²) in [7, 11) is 0. The second kappa shape index (κ2) is 3.36. The van der Waals surface area contributed by atoms with E-state index in [1.165, 1.54) is 0 Å². The number of nitrogens with one attached hydrogen (secondary N) is 1. The van der Waals surface area contributed by atoms with E-state index in [0.717, 1.165) is 5.56 Å². The first-order valence-electron chi connectivity index (χ1n) is 3.54. The first-order valence-corrected chi connectivity index (χ1v) is 4.28. The Hall–Kier alpha value is -1.69. The van der Waals surface area contributed by atoms with E-state index >= 15 is 0 Å². The van der Waals surface area contributed by atoms with Gasteiger partial charge in [0.05, 0.1) is 0 Å². The molecule has 0 unspecified atom stereocenters. The maximum Gasteiger partial charge on any atom is 0.505 e. The van der Waals surface area contributed by atoms with Gasteiger partial charge >= 0.3 is 11.7 Å². The molecule has 0 atom stereocenters. The fourth-order valence-corrected chi connectivity index (χ4v) is 1.28. The van der Waals surface area contributed by atoms with E-state index in [1.54, 1.807) is 18.2 Å². The van der Waals surface area contributed by atoms with Crippen LogP contribution in [-0.2, 0) is 15.9 Å². The van der Waals surface area contributed by atoms with Gasteiger partial charge < -0.3 is 0 Å². The van der Waals surface area contributed by atoms with E-state index < -0.39 is 0 Å². The number of rotatable bonds is 2. The third kappa shape index (κ3) is 1.57. The first kappa shape index (κ1) is 7.93. The normalized spacial score (nSPS) is 9.85. The molecule has 6 heteroatoms. The van der Waals surface area contributed by atoms with Crippen molar-refractivity contribution in [2.45, 2.75) is 4.90 Å². The molecule has 1 aromatic heterocycles. The molecule has 0 aliphatic carbocycles. The molecule has 0 amide bonds. The number of aromatic nitrogens is 4. The van der Waals surface area contributed by atoms with Gasteiger partial charge in [0, 0.05) is 21.9 Å². The summed E-state index contributed by atoms with van der Waals surface area (Å²) in [6.45, 7) is 0. The van der Waals surface area contributed by atoms with Crippen LogP contribution in [0.25, 0.3) is 11.4 Å². The van der Waals surface area contributed by atoms with Crippen molar-refractivity contribution in [3.8, 4) is 11.4 Å². The quantitative estimate of drug-likeness (QED) is 0.711. The van der Waals surface area contributed by atoms with Gasteiger partial charge in [-0.2, -0.15) is 5.21 Å². The van der Waals surface area contributed by atoms with Gasteiger partial charge in [-0.05, 0) is 5.21 Å². The molecule has 0 saturated heterocycles. The number of aromatic amines is 1. The van der Waals surface area contributed by atoms with Gasteiger partial charge in [0.25, 0.3) is 4.90 Å². The minimum absolute atomic E-state index is 0.444. The largest absolute Gasteiger partial charge is 0.505 e. The van der Waals surface area contributed by atoms with Crippen molar-refractivity contribution in [2.75, 3.05) is 0 Å². The highest BCUT2D eigenvalue weighted by Gasteiger charge is 2.09. The molecule has 0 radical (unpaired) electrons. The van der Waals surface area contributed by atoms with Crippen LogP contribution in [0.1, 0.15) is 0 Å². The summed E-state index contributed by atoms with van der Waals surface area (Å²) in [4.78, 5) is 0.641. The van der Waals surface area contributed by atoms with Gasteiger partial charge in [-0.15, -0.1) is 10.2 Å². The second-order valence-electron chi connectivity index (χ2n) is 2.35. The fourth-order valence-electron chi connectivity index (χ4n) is 0.971. The Balaban J connectivity index is 2.47. The molecule has 2 aromatic rings. The zero-order valence-electron chi connectivity index (χ0n) is 6.47. The third-order valence-corrected chi connectivity index (χ3v) is 1.98. The molecule has 0 aliphatic rings. The van der Waals surface area contributed by atoms with Gasteiger partial charge in [-0.1, -0.05) is 12.1 Å². The van der Waals surface area contributed by atoms with Crippen LogP contribution in [0, 0.1) is 0 Å². The highest BCUT2D eigenvalue weighted by atomic mass is 32.1. The number of nitrogens with zero attached hydrogens (tertiary/aromatic N) is 3. The number of tetrazole rings is 1. The Labute approximate surface area is 77.7 Å². The number of hydrogen-bond acceptors (Lipinski definition) is 4. The van der Waals surface area contributed by atoms with Crippen molar-refractivity contribution in [1.29, 1.82) is 0 Å². The van der Waals surface area contributed by atoms with Crippen LogP contribution in [-0.4, -0.2) is 20.6 Å². The third-order valence-electron chi connectivity index (χ3n) is 1.53. The average Bonchev–Trinajstić information content (AvgIpc) is 2.71. The lowest BCUT2D eigenvalue weighted by molar-refractivity contribution is 0.605. The zero-order valence-corrected chi connectivity index (χ0v) is 7.28. The van der Waals surface area contributed by atoms with Crippen molar-refractivity contribution in [3.63, 3.8) is 0 Å². The van der Waals surface area contributed by atoms with Crippen molar-refractivity contribution in [2.24, 2.45) is 0 Å². The maximum atomic E-state index is 10.5. The molecular weight excluding hydrogens is 188 g/mol. The van der Waals surface area contributed by atoms with Crippen LogP contribution in [0.5, 0.6) is 0 Å². The topological polar surface area (TPSA) is 71.5 Å². The van der Waals surface area contributed by atoms with Gasteiger partial charge in [0.2, 0.25) is 5.82 Å². The number of benzene rings is 1. The van der Waals surface area contributed by atoms with Crippen molar-refractivity contribution in [3.05, 3.63) is 24.3 Å². The number of hydrogen-bond donors (Lipinski definition) is 1. The number of H-pyrrole nitrogens is 1. The van der Waals surface area contributed by atoms with Crippen LogP contribution in [0.2, 0.25) is 0 Å². The summed E-state index contributed by atoms with van der Waals surface area (Å²) in [5.41, 5.74) is 0.787. The van der Waals surface area contributed by atoms with E-state index in [-0.39, 0.29) is 0 Å². The predicted molar refractivity (Wildman–Crippen MR) is 45.9 cm³/mol. The molecule has 13 heavy (non-hydrogen) atoms. The molecule has 0 bridgehead atoms. The summed E-state index contributed by atoms with van der Waals surface area (Å²) < 4.78 is 10.5. The van der Waals surface area contributed by atoms with E-state index in [9.17, 15) is 4.21 Å². The van der Waals surface area contributed by atoms with Crippen LogP contribution >= 0.6 is 0 Å². The Morgan fingerprint density at radius 1 is 1.38 bits per heavy atom. The average molecular weight is 193 g/mol. The Morgan fingerprint density at radius 3 is 3.00 bits per heavy atom. The van der Waals surface area contributed by atoms with Crippen LogP contribution in [0.3, 0.4) is 0 Å². The molecule has 0 spiro atoms. The van der Waals surface area contributed by atoms with E-state index in [2.05, 4.69) is 20.6 Å². The molecule has 1 aromatic carbocycles. The van der Waals surface area contributed by atoms with E-state index in [1.807, 2.05) is 6.07 Å². The Bertz CT molecular complexity index is 414. The maximum absolute atomic E-state index is 10.5. The minimum atomic E-state index is 0.444. The highest BCUT2D eigenvalue weighted by molar-refractivity contribution is 7.65. The molecular formula is C7H5N4OS+. The SMILES string of the molecule is O=[S+]c1cccc(-c2nn[nH]n2)c1. The molecule has 5 nitrogen and oxygen atoms in total. The van der Waals surface area contributed by atoms with E-state index in [0.29, 0.717) is 22.4 Å². The van der Waals surface area contributed by atoms with Crippen LogP contribution in [0.15, 0.2) is 29.2 Å².